The van der Waals surface area contributed by atoms with Crippen molar-refractivity contribution in [2.24, 2.45) is 0 Å². The van der Waals surface area contributed by atoms with Crippen LogP contribution < -0.4 is 20.7 Å². The maximum atomic E-state index is 13.9. The molecule has 2 aromatic carbocycles. The predicted molar refractivity (Wildman–Crippen MR) is 221 cm³/mol. The molecular weight excluding hydrogens is 841 g/mol. The molecule has 1 atom stereocenters. The van der Waals surface area contributed by atoms with E-state index in [4.69, 9.17) is 4.74 Å². The third-order valence-electron chi connectivity index (χ3n) is 11.2. The molecule has 18 nitrogen and oxygen atoms in total. The third kappa shape index (κ3) is 7.62. The molecule has 3 fully saturated rings. The number of nitrogens with one attached hydrogen (secondary N) is 3. The minimum atomic E-state index is -3.55. The van der Waals surface area contributed by atoms with E-state index in [1.54, 1.807) is 22.5 Å². The van der Waals surface area contributed by atoms with E-state index in [-0.39, 0.29) is 48.1 Å². The molecule has 2 saturated heterocycles. The molecule has 5 aromatic rings. The maximum Gasteiger partial charge on any atom is 0.262 e. The van der Waals surface area contributed by atoms with Crippen molar-refractivity contribution in [1.82, 2.24) is 34.4 Å². The lowest BCUT2D eigenvalue weighted by atomic mass is 9.94. The Kier molecular flexibility index (Phi) is 10.1. The van der Waals surface area contributed by atoms with E-state index in [1.165, 1.54) is 41.9 Å². The van der Waals surface area contributed by atoms with E-state index >= 15 is 0 Å². The molecule has 3 aliphatic heterocycles. The van der Waals surface area contributed by atoms with Crippen LogP contribution in [0, 0.1) is 0 Å². The average Bonchev–Trinajstić information content (AvgIpc) is 3.52. The Labute approximate surface area is 357 Å². The summed E-state index contributed by atoms with van der Waals surface area (Å²) in [5.74, 6) is -3.17. The first-order valence-corrected chi connectivity index (χ1v) is 22.2. The molecule has 9 rings (SSSR count). The van der Waals surface area contributed by atoms with Crippen LogP contribution in [0.15, 0.2) is 84.6 Å². The van der Waals surface area contributed by atoms with Gasteiger partial charge in [-0.25, -0.2) is 13.4 Å². The number of hydrogen-bond acceptors (Lipinski definition) is 13. The number of fused-ring (bicyclic) bond motifs is 1. The largest absolute Gasteiger partial charge is 0.487 e. The molecule has 0 bridgehead atoms. The Morgan fingerprint density at radius 1 is 0.952 bits per heavy atom. The molecule has 62 heavy (non-hydrogen) atoms. The summed E-state index contributed by atoms with van der Waals surface area (Å²) < 4.78 is 30.4. The maximum absolute atomic E-state index is 13.9. The summed E-state index contributed by atoms with van der Waals surface area (Å²) in [5, 5.41) is 9.44. The zero-order valence-electron chi connectivity index (χ0n) is 32.8. The van der Waals surface area contributed by atoms with Gasteiger partial charge in [-0.3, -0.25) is 52.7 Å². The van der Waals surface area contributed by atoms with Gasteiger partial charge in [0.2, 0.25) is 33.7 Å². The first-order chi connectivity index (χ1) is 29.7. The van der Waals surface area contributed by atoms with E-state index in [1.807, 2.05) is 36.4 Å². The van der Waals surface area contributed by atoms with Crippen LogP contribution in [0.5, 0.6) is 5.75 Å². The van der Waals surface area contributed by atoms with Crippen molar-refractivity contribution in [2.75, 3.05) is 31.2 Å². The number of benzene rings is 2. The first-order valence-electron chi connectivity index (χ1n) is 19.5. The zero-order valence-corrected chi connectivity index (χ0v) is 34.5. The summed E-state index contributed by atoms with van der Waals surface area (Å²) in [6, 6.07) is 16.3. The molecule has 4 aliphatic rings. The second-order valence-corrected chi connectivity index (χ2v) is 18.2. The van der Waals surface area contributed by atoms with Crippen LogP contribution in [0.1, 0.15) is 62.5 Å². The van der Waals surface area contributed by atoms with Crippen molar-refractivity contribution in [2.45, 2.75) is 43.2 Å². The lowest BCUT2D eigenvalue weighted by molar-refractivity contribution is -0.143. The SMILES string of the molecule is CS(=O)(=O)n1ccc(C(=O)NCC(=O)Nc2nc(-c3cccc(-c4ccnc(C5(C(=O)N6CC(Oc7ccc8c(c7)C(=O)N(C7CCC(=O)NC7=O)C8=O)C6)CC5)c4)c3)cs2)c1. The number of nitrogens with zero attached hydrogens (tertiary/aromatic N) is 5. The number of anilines is 1. The monoisotopic (exact) mass is 876 g/mol. The van der Waals surface area contributed by atoms with Crippen molar-refractivity contribution < 1.29 is 46.7 Å². The average molecular weight is 877 g/mol. The van der Waals surface area contributed by atoms with E-state index in [0.717, 1.165) is 31.8 Å². The fraction of sp³-hybridized carbons (Fsp3) is 0.262. The van der Waals surface area contributed by atoms with Gasteiger partial charge in [-0.1, -0.05) is 18.2 Å². The van der Waals surface area contributed by atoms with Gasteiger partial charge in [-0.2, -0.15) is 0 Å². The minimum Gasteiger partial charge on any atom is -0.487 e. The summed E-state index contributed by atoms with van der Waals surface area (Å²) >= 11 is 1.21. The number of imide groups is 2. The molecule has 0 spiro atoms. The number of aromatic nitrogens is 3. The van der Waals surface area contributed by atoms with E-state index in [0.29, 0.717) is 48.2 Å². The Morgan fingerprint density at radius 3 is 2.45 bits per heavy atom. The second-order valence-electron chi connectivity index (χ2n) is 15.5. The van der Waals surface area contributed by atoms with Crippen molar-refractivity contribution in [3.05, 3.63) is 107 Å². The summed E-state index contributed by atoms with van der Waals surface area (Å²) in [4.78, 5) is 101. The number of carbonyl (C=O) groups is 7. The van der Waals surface area contributed by atoms with Gasteiger partial charge in [0.15, 0.2) is 5.13 Å². The van der Waals surface area contributed by atoms with Gasteiger partial charge >= 0.3 is 0 Å². The zero-order chi connectivity index (χ0) is 43.5. The summed E-state index contributed by atoms with van der Waals surface area (Å²) in [6.07, 6.45) is 6.13. The molecule has 0 radical (unpaired) electrons. The van der Waals surface area contributed by atoms with Crippen LogP contribution in [0.3, 0.4) is 0 Å². The third-order valence-corrected chi connectivity index (χ3v) is 13.0. The predicted octanol–water partition coefficient (Wildman–Crippen LogP) is 2.57. The Balaban J connectivity index is 0.799. The molecule has 6 heterocycles. The molecule has 1 aliphatic carbocycles. The highest BCUT2D eigenvalue weighted by Crippen LogP contribution is 2.50. The summed E-state index contributed by atoms with van der Waals surface area (Å²) in [7, 11) is -3.55. The fourth-order valence-electron chi connectivity index (χ4n) is 7.74. The number of thiazole rings is 1. The number of amides is 7. The Morgan fingerprint density at radius 2 is 1.71 bits per heavy atom. The fourth-order valence-corrected chi connectivity index (χ4v) is 9.06. The highest BCUT2D eigenvalue weighted by molar-refractivity contribution is 7.89. The van der Waals surface area contributed by atoms with Gasteiger partial charge in [-0.15, -0.1) is 11.3 Å². The van der Waals surface area contributed by atoms with Crippen molar-refractivity contribution in [3.63, 3.8) is 0 Å². The van der Waals surface area contributed by atoms with Gasteiger partial charge in [0.25, 0.3) is 17.7 Å². The van der Waals surface area contributed by atoms with Crippen LogP contribution in [-0.2, 0) is 34.6 Å². The van der Waals surface area contributed by atoms with Crippen LogP contribution in [-0.4, -0.2) is 112 Å². The second kappa shape index (κ2) is 15.4. The highest BCUT2D eigenvalue weighted by atomic mass is 32.2. The van der Waals surface area contributed by atoms with Crippen LogP contribution in [0.4, 0.5) is 5.13 Å². The highest BCUT2D eigenvalue weighted by Gasteiger charge is 2.56. The lowest BCUT2D eigenvalue weighted by Gasteiger charge is -2.40. The Hall–Kier alpha value is -7.06. The lowest BCUT2D eigenvalue weighted by Crippen LogP contribution is -2.58. The molecule has 3 N–H and O–H groups in total. The molecular formula is C42H36N8O10S2. The molecule has 1 unspecified atom stereocenters. The normalized spacial score (nSPS) is 18.2. The minimum absolute atomic E-state index is 0.0252. The number of piperidine rings is 1. The topological polar surface area (TPSA) is 236 Å². The van der Waals surface area contributed by atoms with Crippen LogP contribution >= 0.6 is 11.3 Å². The molecule has 7 amide bonds. The van der Waals surface area contributed by atoms with E-state index < -0.39 is 56.9 Å². The molecule has 1 saturated carbocycles. The summed E-state index contributed by atoms with van der Waals surface area (Å²) in [6.45, 7) is 0.287. The van der Waals surface area contributed by atoms with Gasteiger partial charge in [0.1, 0.15) is 17.9 Å². The first kappa shape index (κ1) is 40.4. The Bertz CT molecular complexity index is 2860. The quantitative estimate of drug-likeness (QED) is 0.154. The van der Waals surface area contributed by atoms with Gasteiger partial charge < -0.3 is 20.3 Å². The van der Waals surface area contributed by atoms with Crippen molar-refractivity contribution in [1.29, 1.82) is 0 Å². The summed E-state index contributed by atoms with van der Waals surface area (Å²) in [5.41, 5.74) is 3.38. The van der Waals surface area contributed by atoms with Crippen LogP contribution in [0.25, 0.3) is 22.4 Å². The number of carbonyl (C=O) groups excluding carboxylic acids is 7. The number of ether oxygens (including phenoxy) is 1. The number of rotatable bonds is 12. The van der Waals surface area contributed by atoms with Crippen LogP contribution in [0.2, 0.25) is 0 Å². The van der Waals surface area contributed by atoms with Gasteiger partial charge in [0, 0.05) is 36.0 Å². The van der Waals surface area contributed by atoms with Crippen molar-refractivity contribution >= 4 is 67.8 Å². The molecule has 20 heteroatoms. The standard InChI is InChI=1S/C42H36N8O10S2/c1-62(58,59)49-14-10-26(19-49)36(53)44-18-35(52)47-41-45-31(22-61-41)25-4-2-3-23(15-25)24-9-13-43-33(16-24)42(11-12-42)40(57)48-20-28(21-48)60-27-5-6-29-30(17-27)39(56)50(38(29)55)32-7-8-34(51)46-37(32)54/h2-6,9-10,13-17,19,22,28,32H,7-8,11-12,18,20-21H2,1H3,(H,44,53)(H,45,47,52)(H,46,51,54). The number of pyridine rings is 1. The molecule has 316 valence electrons. The van der Waals surface area contributed by atoms with E-state index in [2.05, 4.69) is 25.9 Å². The van der Waals surface area contributed by atoms with E-state index in [9.17, 15) is 42.0 Å². The smallest absolute Gasteiger partial charge is 0.262 e. The number of likely N-dealkylation sites (tertiary alicyclic amines) is 1. The van der Waals surface area contributed by atoms with Gasteiger partial charge in [0.05, 0.1) is 59.4 Å². The number of hydrogen-bond donors (Lipinski definition) is 3. The van der Waals surface area contributed by atoms with Crippen molar-refractivity contribution in [3.8, 4) is 28.1 Å². The van der Waals surface area contributed by atoms with Gasteiger partial charge in [-0.05, 0) is 72.9 Å². The molecule has 3 aromatic heterocycles.